The van der Waals surface area contributed by atoms with Gasteiger partial charge in [0.05, 0.1) is 18.0 Å². The molecule has 1 heterocycles. The zero-order chi connectivity index (χ0) is 15.7. The Hall–Kier alpha value is -2.37. The standard InChI is InChI=1S/C16H18N2O4/c19-14(7-10-2-1-3-11(6-10)16(21)22)17-12-8-15(20)18(9-12)13-4-5-13/h1-3,6,12-13H,4-5,7-9H2,(H,17,19)(H,21,22). The van der Waals surface area contributed by atoms with Crippen LogP contribution in [0.15, 0.2) is 24.3 Å². The molecule has 1 unspecified atom stereocenters. The lowest BCUT2D eigenvalue weighted by atomic mass is 10.1. The first-order valence-electron chi connectivity index (χ1n) is 7.44. The number of nitrogens with one attached hydrogen (secondary N) is 1. The van der Waals surface area contributed by atoms with E-state index in [0.29, 0.717) is 24.6 Å². The summed E-state index contributed by atoms with van der Waals surface area (Å²) in [5, 5.41) is 11.8. The molecule has 2 aliphatic rings. The summed E-state index contributed by atoms with van der Waals surface area (Å²) in [4.78, 5) is 36.7. The molecule has 116 valence electrons. The molecule has 2 N–H and O–H groups in total. The fourth-order valence-corrected chi connectivity index (χ4v) is 2.85. The highest BCUT2D eigenvalue weighted by Gasteiger charge is 2.39. The predicted molar refractivity (Wildman–Crippen MR) is 78.4 cm³/mol. The lowest BCUT2D eigenvalue weighted by molar-refractivity contribution is -0.128. The first kappa shape index (κ1) is 14.6. The van der Waals surface area contributed by atoms with Crippen molar-refractivity contribution in [1.29, 1.82) is 0 Å². The number of carboxylic acid groups (broad SMARTS) is 1. The van der Waals surface area contributed by atoms with Crippen LogP contribution in [0.4, 0.5) is 0 Å². The first-order chi connectivity index (χ1) is 10.5. The van der Waals surface area contributed by atoms with Crippen molar-refractivity contribution in [2.45, 2.75) is 37.8 Å². The van der Waals surface area contributed by atoms with E-state index in [4.69, 9.17) is 5.11 Å². The normalized spacial score (nSPS) is 21.0. The van der Waals surface area contributed by atoms with Crippen molar-refractivity contribution >= 4 is 17.8 Å². The van der Waals surface area contributed by atoms with Gasteiger partial charge in [-0.2, -0.15) is 0 Å². The molecule has 0 aromatic heterocycles. The summed E-state index contributed by atoms with van der Waals surface area (Å²) < 4.78 is 0. The quantitative estimate of drug-likeness (QED) is 0.842. The van der Waals surface area contributed by atoms with Gasteiger partial charge in [-0.1, -0.05) is 12.1 Å². The van der Waals surface area contributed by atoms with Crippen LogP contribution in [0.5, 0.6) is 0 Å². The molecule has 22 heavy (non-hydrogen) atoms. The average molecular weight is 302 g/mol. The second kappa shape index (κ2) is 5.79. The average Bonchev–Trinajstić information content (AvgIpc) is 3.23. The minimum atomic E-state index is -1.01. The number of hydrogen-bond donors (Lipinski definition) is 2. The number of likely N-dealkylation sites (tertiary alicyclic amines) is 1. The van der Waals surface area contributed by atoms with Gasteiger partial charge in [-0.25, -0.2) is 4.79 Å². The summed E-state index contributed by atoms with van der Waals surface area (Å²) in [6.45, 7) is 0.588. The molecule has 1 aliphatic heterocycles. The van der Waals surface area contributed by atoms with Crippen LogP contribution < -0.4 is 5.32 Å². The van der Waals surface area contributed by atoms with Gasteiger partial charge in [-0.05, 0) is 30.5 Å². The molecule has 0 radical (unpaired) electrons. The number of carboxylic acids is 1. The highest BCUT2D eigenvalue weighted by atomic mass is 16.4. The van der Waals surface area contributed by atoms with Crippen molar-refractivity contribution < 1.29 is 19.5 Å². The molecule has 1 aromatic carbocycles. The van der Waals surface area contributed by atoms with Crippen LogP contribution in [0.3, 0.4) is 0 Å². The third-order valence-electron chi connectivity index (χ3n) is 4.05. The number of nitrogens with zero attached hydrogens (tertiary/aromatic N) is 1. The fraction of sp³-hybridized carbons (Fsp3) is 0.438. The van der Waals surface area contributed by atoms with Crippen LogP contribution >= 0.6 is 0 Å². The maximum absolute atomic E-state index is 12.1. The van der Waals surface area contributed by atoms with E-state index < -0.39 is 5.97 Å². The van der Waals surface area contributed by atoms with Crippen LogP contribution in [0.25, 0.3) is 0 Å². The van der Waals surface area contributed by atoms with Gasteiger partial charge < -0.3 is 15.3 Å². The molecule has 1 saturated carbocycles. The van der Waals surface area contributed by atoms with E-state index in [2.05, 4.69) is 5.32 Å². The number of benzene rings is 1. The maximum Gasteiger partial charge on any atom is 0.335 e. The number of amides is 2. The largest absolute Gasteiger partial charge is 0.478 e. The lowest BCUT2D eigenvalue weighted by Crippen LogP contribution is -2.38. The van der Waals surface area contributed by atoms with Gasteiger partial charge in [0.25, 0.3) is 0 Å². The molecular weight excluding hydrogens is 284 g/mol. The third-order valence-corrected chi connectivity index (χ3v) is 4.05. The zero-order valence-electron chi connectivity index (χ0n) is 12.1. The number of carbonyl (C=O) groups is 3. The van der Waals surface area contributed by atoms with Crippen LogP contribution in [0, 0.1) is 0 Å². The van der Waals surface area contributed by atoms with Gasteiger partial charge in [-0.3, -0.25) is 9.59 Å². The van der Waals surface area contributed by atoms with Crippen LogP contribution in [-0.2, 0) is 16.0 Å². The highest BCUT2D eigenvalue weighted by molar-refractivity contribution is 5.88. The molecule has 1 aliphatic carbocycles. The summed E-state index contributed by atoms with van der Waals surface area (Å²) in [6.07, 6.45) is 2.61. The predicted octanol–water partition coefficient (Wildman–Crippen LogP) is 0.807. The van der Waals surface area contributed by atoms with Gasteiger partial charge in [0, 0.05) is 19.0 Å². The molecule has 0 spiro atoms. The summed E-state index contributed by atoms with van der Waals surface area (Å²) in [7, 11) is 0. The Morgan fingerprint density at radius 2 is 2.09 bits per heavy atom. The minimum absolute atomic E-state index is 0.112. The van der Waals surface area contributed by atoms with E-state index >= 15 is 0 Å². The molecule has 1 atom stereocenters. The van der Waals surface area contributed by atoms with E-state index in [1.165, 1.54) is 12.1 Å². The Bertz CT molecular complexity index is 624. The Morgan fingerprint density at radius 1 is 1.32 bits per heavy atom. The monoisotopic (exact) mass is 302 g/mol. The van der Waals surface area contributed by atoms with Gasteiger partial charge >= 0.3 is 5.97 Å². The number of carbonyl (C=O) groups excluding carboxylic acids is 2. The van der Waals surface area contributed by atoms with E-state index in [9.17, 15) is 14.4 Å². The molecular formula is C16H18N2O4. The van der Waals surface area contributed by atoms with E-state index in [1.807, 2.05) is 4.90 Å². The SMILES string of the molecule is O=C(Cc1cccc(C(=O)O)c1)NC1CC(=O)N(C2CC2)C1. The second-order valence-corrected chi connectivity index (χ2v) is 5.93. The summed E-state index contributed by atoms with van der Waals surface area (Å²) in [5.74, 6) is -1.08. The van der Waals surface area contributed by atoms with Gasteiger partial charge in [-0.15, -0.1) is 0 Å². The molecule has 6 heteroatoms. The smallest absolute Gasteiger partial charge is 0.335 e. The van der Waals surface area contributed by atoms with Crippen LogP contribution in [0.1, 0.15) is 35.2 Å². The van der Waals surface area contributed by atoms with Crippen molar-refractivity contribution in [2.75, 3.05) is 6.54 Å². The molecule has 6 nitrogen and oxygen atoms in total. The van der Waals surface area contributed by atoms with E-state index in [0.717, 1.165) is 12.8 Å². The van der Waals surface area contributed by atoms with Crippen molar-refractivity contribution in [3.05, 3.63) is 35.4 Å². The molecule has 1 aromatic rings. The fourth-order valence-electron chi connectivity index (χ4n) is 2.85. The Morgan fingerprint density at radius 3 is 2.77 bits per heavy atom. The maximum atomic E-state index is 12.1. The minimum Gasteiger partial charge on any atom is -0.478 e. The molecule has 0 bridgehead atoms. The third kappa shape index (κ3) is 3.27. The number of rotatable bonds is 5. The molecule has 3 rings (SSSR count). The topological polar surface area (TPSA) is 86.7 Å². The van der Waals surface area contributed by atoms with Gasteiger partial charge in [0.2, 0.25) is 11.8 Å². The number of hydrogen-bond acceptors (Lipinski definition) is 3. The second-order valence-electron chi connectivity index (χ2n) is 5.93. The van der Waals surface area contributed by atoms with E-state index in [1.54, 1.807) is 12.1 Å². The van der Waals surface area contributed by atoms with Crippen molar-refractivity contribution in [3.8, 4) is 0 Å². The summed E-state index contributed by atoms with van der Waals surface area (Å²) in [6, 6.07) is 6.58. The Kier molecular flexibility index (Phi) is 3.83. The highest BCUT2D eigenvalue weighted by Crippen LogP contribution is 2.30. The van der Waals surface area contributed by atoms with Crippen molar-refractivity contribution in [2.24, 2.45) is 0 Å². The van der Waals surface area contributed by atoms with Crippen LogP contribution in [0.2, 0.25) is 0 Å². The zero-order valence-corrected chi connectivity index (χ0v) is 12.1. The molecule has 1 saturated heterocycles. The Balaban J connectivity index is 1.55. The molecule has 2 amide bonds. The van der Waals surface area contributed by atoms with Gasteiger partial charge in [0.15, 0.2) is 0 Å². The van der Waals surface area contributed by atoms with Crippen molar-refractivity contribution in [1.82, 2.24) is 10.2 Å². The van der Waals surface area contributed by atoms with Crippen molar-refractivity contribution in [3.63, 3.8) is 0 Å². The first-order valence-corrected chi connectivity index (χ1v) is 7.44. The van der Waals surface area contributed by atoms with Gasteiger partial charge in [0.1, 0.15) is 0 Å². The molecule has 2 fully saturated rings. The number of aromatic carboxylic acids is 1. The van der Waals surface area contributed by atoms with Crippen LogP contribution in [-0.4, -0.2) is 46.4 Å². The summed E-state index contributed by atoms with van der Waals surface area (Å²) in [5.41, 5.74) is 0.821. The summed E-state index contributed by atoms with van der Waals surface area (Å²) >= 11 is 0. The van der Waals surface area contributed by atoms with E-state index in [-0.39, 0.29) is 29.8 Å². The lowest BCUT2D eigenvalue weighted by Gasteiger charge is -2.16. The Labute approximate surface area is 128 Å².